The van der Waals surface area contributed by atoms with E-state index in [-0.39, 0.29) is 17.2 Å². The molecule has 2 aromatic rings. The molecule has 0 aliphatic carbocycles. The van der Waals surface area contributed by atoms with Crippen molar-refractivity contribution in [2.24, 2.45) is 5.92 Å². The van der Waals surface area contributed by atoms with Crippen LogP contribution in [-0.4, -0.2) is 46.6 Å². The lowest BCUT2D eigenvalue weighted by molar-refractivity contribution is 0.0443. The highest BCUT2D eigenvalue weighted by atomic mass is 16.5. The van der Waals surface area contributed by atoms with Gasteiger partial charge in [-0.15, -0.1) is 0 Å². The fourth-order valence-electron chi connectivity index (χ4n) is 3.11. The van der Waals surface area contributed by atoms with E-state index < -0.39 is 5.97 Å². The summed E-state index contributed by atoms with van der Waals surface area (Å²) in [5.41, 5.74) is 1.25. The van der Waals surface area contributed by atoms with Crippen LogP contribution >= 0.6 is 0 Å². The maximum Gasteiger partial charge on any atom is 0.335 e. The zero-order valence-electron chi connectivity index (χ0n) is 14.5. The van der Waals surface area contributed by atoms with Gasteiger partial charge in [-0.05, 0) is 36.5 Å². The molecule has 1 aromatic carbocycles. The number of nitrogens with zero attached hydrogens (tertiary/aromatic N) is 2. The maximum absolute atomic E-state index is 13.0. The van der Waals surface area contributed by atoms with Gasteiger partial charge in [-0.1, -0.05) is 30.3 Å². The molecule has 0 unspecified atom stereocenters. The third kappa shape index (κ3) is 4.67. The number of ether oxygens (including phenoxy) is 1. The van der Waals surface area contributed by atoms with E-state index in [0.717, 1.165) is 18.4 Å². The number of amides is 1. The molecule has 1 fully saturated rings. The van der Waals surface area contributed by atoms with Crippen molar-refractivity contribution < 1.29 is 19.4 Å². The summed E-state index contributed by atoms with van der Waals surface area (Å²) in [6, 6.07) is 12.5. The van der Waals surface area contributed by atoms with Crippen molar-refractivity contribution in [3.8, 4) is 0 Å². The first-order chi connectivity index (χ1) is 12.6. The van der Waals surface area contributed by atoms with Gasteiger partial charge in [0.15, 0.2) is 0 Å². The minimum atomic E-state index is -1.07. The summed E-state index contributed by atoms with van der Waals surface area (Å²) in [6.45, 7) is 2.50. The summed E-state index contributed by atoms with van der Waals surface area (Å²) < 4.78 is 5.41. The topological polar surface area (TPSA) is 79.7 Å². The molecule has 0 spiro atoms. The molecule has 1 aromatic heterocycles. The van der Waals surface area contributed by atoms with Crippen molar-refractivity contribution >= 4 is 11.9 Å². The van der Waals surface area contributed by atoms with Crippen LogP contribution in [0.2, 0.25) is 0 Å². The van der Waals surface area contributed by atoms with Crippen molar-refractivity contribution in [1.82, 2.24) is 9.88 Å². The Bertz CT molecular complexity index is 757. The molecule has 0 radical (unpaired) electrons. The van der Waals surface area contributed by atoms with Gasteiger partial charge < -0.3 is 14.7 Å². The molecule has 1 aliphatic heterocycles. The van der Waals surface area contributed by atoms with Gasteiger partial charge >= 0.3 is 5.97 Å². The van der Waals surface area contributed by atoms with E-state index in [9.17, 15) is 9.59 Å². The number of benzene rings is 1. The van der Waals surface area contributed by atoms with Gasteiger partial charge in [-0.2, -0.15) is 0 Å². The Hall–Kier alpha value is -2.73. The van der Waals surface area contributed by atoms with E-state index in [2.05, 4.69) is 4.98 Å². The average molecular weight is 354 g/mol. The fourth-order valence-corrected chi connectivity index (χ4v) is 3.11. The van der Waals surface area contributed by atoms with E-state index in [1.165, 1.54) is 18.3 Å². The first-order valence-corrected chi connectivity index (χ1v) is 8.74. The Balaban J connectivity index is 1.82. The minimum absolute atomic E-state index is 0.0640. The van der Waals surface area contributed by atoms with Crippen LogP contribution in [0.4, 0.5) is 0 Å². The summed E-state index contributed by atoms with van der Waals surface area (Å²) in [7, 11) is 0. The normalized spacial score (nSPS) is 14.8. The minimum Gasteiger partial charge on any atom is -0.478 e. The molecule has 1 aliphatic rings. The van der Waals surface area contributed by atoms with Gasteiger partial charge in [0.2, 0.25) is 0 Å². The van der Waals surface area contributed by atoms with Crippen LogP contribution in [-0.2, 0) is 11.3 Å². The summed E-state index contributed by atoms with van der Waals surface area (Å²) in [5, 5.41) is 9.16. The van der Waals surface area contributed by atoms with Gasteiger partial charge in [0.1, 0.15) is 5.69 Å². The zero-order chi connectivity index (χ0) is 18.4. The molecule has 2 heterocycles. The lowest BCUT2D eigenvalue weighted by Crippen LogP contribution is -2.37. The Labute approximate surface area is 152 Å². The Kier molecular flexibility index (Phi) is 5.96. The van der Waals surface area contributed by atoms with Crippen molar-refractivity contribution in [2.75, 3.05) is 19.8 Å². The van der Waals surface area contributed by atoms with Crippen LogP contribution in [0.1, 0.15) is 39.3 Å². The number of aromatic carboxylic acids is 1. The second-order valence-electron chi connectivity index (χ2n) is 6.46. The van der Waals surface area contributed by atoms with E-state index in [1.807, 2.05) is 30.3 Å². The standard InChI is InChI=1S/C20H22N2O4/c23-19(18-12-17(20(24)25)6-9-21-18)22(13-15-4-2-1-3-5-15)14-16-7-10-26-11-8-16/h1-6,9,12,16H,7-8,10-11,13-14H2,(H,24,25). The summed E-state index contributed by atoms with van der Waals surface area (Å²) in [6.07, 6.45) is 3.20. The zero-order valence-corrected chi connectivity index (χ0v) is 14.5. The Morgan fingerprint density at radius 2 is 1.88 bits per heavy atom. The highest BCUT2D eigenvalue weighted by molar-refractivity contribution is 5.95. The van der Waals surface area contributed by atoms with Crippen LogP contribution in [0, 0.1) is 5.92 Å². The van der Waals surface area contributed by atoms with Crippen LogP contribution in [0.25, 0.3) is 0 Å². The number of carboxylic acid groups (broad SMARTS) is 1. The second kappa shape index (κ2) is 8.58. The maximum atomic E-state index is 13.0. The van der Waals surface area contributed by atoms with Crippen molar-refractivity contribution in [1.29, 1.82) is 0 Å². The molecule has 6 heteroatoms. The number of carboxylic acids is 1. The third-order valence-corrected chi connectivity index (χ3v) is 4.55. The van der Waals surface area contributed by atoms with Crippen LogP contribution in [0.5, 0.6) is 0 Å². The molecule has 0 saturated carbocycles. The Morgan fingerprint density at radius 3 is 2.58 bits per heavy atom. The van der Waals surface area contributed by atoms with Gasteiger partial charge in [0, 0.05) is 32.5 Å². The van der Waals surface area contributed by atoms with Gasteiger partial charge in [-0.3, -0.25) is 9.78 Å². The molecule has 6 nitrogen and oxygen atoms in total. The first kappa shape index (κ1) is 18.1. The third-order valence-electron chi connectivity index (χ3n) is 4.55. The Morgan fingerprint density at radius 1 is 1.15 bits per heavy atom. The number of rotatable bonds is 6. The van der Waals surface area contributed by atoms with Crippen molar-refractivity contribution in [2.45, 2.75) is 19.4 Å². The quantitative estimate of drug-likeness (QED) is 0.863. The number of hydrogen-bond donors (Lipinski definition) is 1. The molecule has 0 bridgehead atoms. The van der Waals surface area contributed by atoms with Crippen LogP contribution in [0.15, 0.2) is 48.7 Å². The molecule has 1 N–H and O–H groups in total. The lowest BCUT2D eigenvalue weighted by Gasteiger charge is -2.30. The van der Waals surface area contributed by atoms with Crippen molar-refractivity contribution in [3.63, 3.8) is 0 Å². The first-order valence-electron chi connectivity index (χ1n) is 8.74. The van der Waals surface area contributed by atoms with Gasteiger partial charge in [0.25, 0.3) is 5.91 Å². The number of carbonyl (C=O) groups excluding carboxylic acids is 1. The molecule has 1 amide bonds. The second-order valence-corrected chi connectivity index (χ2v) is 6.46. The van der Waals surface area contributed by atoms with E-state index in [0.29, 0.717) is 32.2 Å². The SMILES string of the molecule is O=C(O)c1ccnc(C(=O)N(Cc2ccccc2)CC2CCOCC2)c1. The number of pyridine rings is 1. The highest BCUT2D eigenvalue weighted by Gasteiger charge is 2.23. The lowest BCUT2D eigenvalue weighted by atomic mass is 9.99. The van der Waals surface area contributed by atoms with Crippen LogP contribution in [0.3, 0.4) is 0 Å². The van der Waals surface area contributed by atoms with E-state index in [4.69, 9.17) is 9.84 Å². The largest absolute Gasteiger partial charge is 0.478 e. The van der Waals surface area contributed by atoms with Gasteiger partial charge in [0.05, 0.1) is 5.56 Å². The average Bonchev–Trinajstić information content (AvgIpc) is 2.68. The molecular formula is C20H22N2O4. The fraction of sp³-hybridized carbons (Fsp3) is 0.350. The molecule has 3 rings (SSSR count). The molecule has 136 valence electrons. The molecule has 1 saturated heterocycles. The van der Waals surface area contributed by atoms with E-state index >= 15 is 0 Å². The van der Waals surface area contributed by atoms with Crippen LogP contribution < -0.4 is 0 Å². The molecule has 0 atom stereocenters. The molecular weight excluding hydrogens is 332 g/mol. The summed E-state index contributed by atoms with van der Waals surface area (Å²) in [4.78, 5) is 30.1. The number of aromatic nitrogens is 1. The summed E-state index contributed by atoms with van der Waals surface area (Å²) in [5.74, 6) is -0.942. The predicted molar refractivity (Wildman–Crippen MR) is 95.9 cm³/mol. The molecule has 26 heavy (non-hydrogen) atoms. The summed E-state index contributed by atoms with van der Waals surface area (Å²) >= 11 is 0. The van der Waals surface area contributed by atoms with Gasteiger partial charge in [-0.25, -0.2) is 4.79 Å². The smallest absolute Gasteiger partial charge is 0.335 e. The monoisotopic (exact) mass is 354 g/mol. The highest BCUT2D eigenvalue weighted by Crippen LogP contribution is 2.19. The van der Waals surface area contributed by atoms with Crippen molar-refractivity contribution in [3.05, 3.63) is 65.5 Å². The van der Waals surface area contributed by atoms with E-state index in [1.54, 1.807) is 4.90 Å². The number of carbonyl (C=O) groups is 2. The predicted octanol–water partition coefficient (Wildman–Crippen LogP) is 2.85. The number of hydrogen-bond acceptors (Lipinski definition) is 4.